The number of hydrogen-bond acceptors (Lipinski definition) is 5. The van der Waals surface area contributed by atoms with Crippen LogP contribution in [0.3, 0.4) is 0 Å². The third-order valence-corrected chi connectivity index (χ3v) is 7.04. The first kappa shape index (κ1) is 17.7. The number of carbonyl (C=O) groups excluding carboxylic acids is 1. The van der Waals surface area contributed by atoms with Gasteiger partial charge >= 0.3 is 0 Å². The van der Waals surface area contributed by atoms with E-state index in [0.29, 0.717) is 51.4 Å². The average molecular weight is 370 g/mol. The van der Waals surface area contributed by atoms with Gasteiger partial charge in [-0.15, -0.1) is 0 Å². The molecule has 1 aromatic carbocycles. The predicted molar refractivity (Wildman–Crippen MR) is 93.9 cm³/mol. The summed E-state index contributed by atoms with van der Waals surface area (Å²) in [7, 11) is -3.59. The van der Waals surface area contributed by atoms with Crippen LogP contribution in [0, 0.1) is 0 Å². The van der Waals surface area contributed by atoms with Gasteiger partial charge in [0.25, 0.3) is 5.91 Å². The fourth-order valence-corrected chi connectivity index (χ4v) is 5.26. The summed E-state index contributed by atoms with van der Waals surface area (Å²) < 4.78 is 32.4. The molecule has 0 aromatic heterocycles. The van der Waals surface area contributed by atoms with Crippen LogP contribution in [0.4, 0.5) is 0 Å². The molecule has 2 fully saturated rings. The number of carbonyl (C=O) groups is 1. The first-order chi connectivity index (χ1) is 11.6. The molecular formula is C16H22N2O4S2. The van der Waals surface area contributed by atoms with Crippen molar-refractivity contribution in [1.29, 1.82) is 0 Å². The van der Waals surface area contributed by atoms with Gasteiger partial charge in [-0.3, -0.25) is 4.79 Å². The van der Waals surface area contributed by atoms with Crippen LogP contribution < -0.4 is 0 Å². The number of amides is 1. The largest absolute Gasteiger partial charge is 0.380 e. The molecule has 0 spiro atoms. The van der Waals surface area contributed by atoms with Gasteiger partial charge in [-0.2, -0.15) is 16.1 Å². The van der Waals surface area contributed by atoms with E-state index in [1.807, 2.05) is 11.8 Å². The molecule has 0 aliphatic carbocycles. The molecule has 2 heterocycles. The van der Waals surface area contributed by atoms with Gasteiger partial charge in [0.15, 0.2) is 0 Å². The topological polar surface area (TPSA) is 66.9 Å². The summed E-state index contributed by atoms with van der Waals surface area (Å²) in [6, 6.07) is 6.40. The van der Waals surface area contributed by atoms with Crippen molar-refractivity contribution in [3.63, 3.8) is 0 Å². The Kier molecular flexibility index (Phi) is 5.80. The highest BCUT2D eigenvalue weighted by Gasteiger charge is 2.27. The Morgan fingerprint density at radius 3 is 2.67 bits per heavy atom. The second-order valence-electron chi connectivity index (χ2n) is 5.80. The zero-order valence-electron chi connectivity index (χ0n) is 13.5. The SMILES string of the molecule is O=C(c1cccc(S(=O)(=O)N2CCCOCC2)c1)N1CCSCC1. The van der Waals surface area contributed by atoms with E-state index >= 15 is 0 Å². The Balaban J connectivity index is 1.82. The number of nitrogens with zero attached hydrogens (tertiary/aromatic N) is 2. The molecule has 1 amide bonds. The highest BCUT2D eigenvalue weighted by Crippen LogP contribution is 2.20. The fraction of sp³-hybridized carbons (Fsp3) is 0.562. The minimum Gasteiger partial charge on any atom is -0.380 e. The van der Waals surface area contributed by atoms with Gasteiger partial charge in [-0.05, 0) is 24.6 Å². The molecule has 6 nitrogen and oxygen atoms in total. The minimum absolute atomic E-state index is 0.0912. The van der Waals surface area contributed by atoms with Crippen LogP contribution in [-0.2, 0) is 14.8 Å². The van der Waals surface area contributed by atoms with Gasteiger partial charge in [0.2, 0.25) is 10.0 Å². The van der Waals surface area contributed by atoms with Crippen molar-refractivity contribution >= 4 is 27.7 Å². The Bertz CT molecular complexity index is 679. The summed E-state index contributed by atoms with van der Waals surface area (Å²) in [4.78, 5) is 14.6. The molecular weight excluding hydrogens is 348 g/mol. The number of benzene rings is 1. The summed E-state index contributed by atoms with van der Waals surface area (Å²) in [5.41, 5.74) is 0.439. The Labute approximate surface area is 147 Å². The van der Waals surface area contributed by atoms with Crippen molar-refractivity contribution in [3.8, 4) is 0 Å². The number of hydrogen-bond donors (Lipinski definition) is 0. The lowest BCUT2D eigenvalue weighted by Gasteiger charge is -2.26. The van der Waals surface area contributed by atoms with Crippen molar-refractivity contribution in [2.45, 2.75) is 11.3 Å². The Morgan fingerprint density at radius 2 is 1.88 bits per heavy atom. The first-order valence-corrected chi connectivity index (χ1v) is 10.7. The lowest BCUT2D eigenvalue weighted by Crippen LogP contribution is -2.38. The predicted octanol–water partition coefficient (Wildman–Crippen LogP) is 1.29. The van der Waals surface area contributed by atoms with Crippen molar-refractivity contribution < 1.29 is 17.9 Å². The van der Waals surface area contributed by atoms with Crippen LogP contribution in [0.1, 0.15) is 16.8 Å². The lowest BCUT2D eigenvalue weighted by atomic mass is 10.2. The molecule has 0 radical (unpaired) electrons. The third-order valence-electron chi connectivity index (χ3n) is 4.20. The molecule has 0 atom stereocenters. The fourth-order valence-electron chi connectivity index (χ4n) is 2.85. The van der Waals surface area contributed by atoms with Crippen LogP contribution in [0.2, 0.25) is 0 Å². The van der Waals surface area contributed by atoms with E-state index in [4.69, 9.17) is 4.74 Å². The van der Waals surface area contributed by atoms with Crippen LogP contribution >= 0.6 is 11.8 Å². The molecule has 3 rings (SSSR count). The van der Waals surface area contributed by atoms with E-state index in [9.17, 15) is 13.2 Å². The summed E-state index contributed by atoms with van der Waals surface area (Å²) in [5, 5.41) is 0. The number of thioether (sulfide) groups is 1. The maximum absolute atomic E-state index is 12.8. The van der Waals surface area contributed by atoms with Crippen LogP contribution in [0.15, 0.2) is 29.2 Å². The number of sulfonamides is 1. The molecule has 1 aromatic rings. The van der Waals surface area contributed by atoms with E-state index in [2.05, 4.69) is 0 Å². The van der Waals surface area contributed by atoms with Crippen molar-refractivity contribution in [1.82, 2.24) is 9.21 Å². The molecule has 132 valence electrons. The van der Waals surface area contributed by atoms with Crippen LogP contribution in [0.25, 0.3) is 0 Å². The lowest BCUT2D eigenvalue weighted by molar-refractivity contribution is 0.0772. The van der Waals surface area contributed by atoms with E-state index in [1.165, 1.54) is 10.4 Å². The summed E-state index contributed by atoms with van der Waals surface area (Å²) in [5.74, 6) is 1.77. The molecule has 0 N–H and O–H groups in total. The highest BCUT2D eigenvalue weighted by molar-refractivity contribution is 7.99. The quantitative estimate of drug-likeness (QED) is 0.802. The Morgan fingerprint density at radius 1 is 1.08 bits per heavy atom. The zero-order valence-corrected chi connectivity index (χ0v) is 15.2. The molecule has 2 saturated heterocycles. The van der Waals surface area contributed by atoms with E-state index in [0.717, 1.165) is 11.5 Å². The molecule has 0 unspecified atom stereocenters. The molecule has 24 heavy (non-hydrogen) atoms. The maximum atomic E-state index is 12.8. The monoisotopic (exact) mass is 370 g/mol. The minimum atomic E-state index is -3.59. The smallest absolute Gasteiger partial charge is 0.253 e. The Hall–Kier alpha value is -1.09. The van der Waals surface area contributed by atoms with Crippen molar-refractivity contribution in [3.05, 3.63) is 29.8 Å². The van der Waals surface area contributed by atoms with Crippen LogP contribution in [0.5, 0.6) is 0 Å². The van der Waals surface area contributed by atoms with Gasteiger partial charge in [0.1, 0.15) is 0 Å². The molecule has 0 bridgehead atoms. The first-order valence-electron chi connectivity index (χ1n) is 8.14. The van der Waals surface area contributed by atoms with Gasteiger partial charge < -0.3 is 9.64 Å². The zero-order chi connectivity index (χ0) is 17.0. The standard InChI is InChI=1S/C16H22N2O4S2/c19-16(17-7-11-23-12-8-17)14-3-1-4-15(13-14)24(20,21)18-5-2-9-22-10-6-18/h1,3-4,13H,2,5-12H2. The van der Waals surface area contributed by atoms with E-state index in [1.54, 1.807) is 23.1 Å². The summed E-state index contributed by atoms with van der Waals surface area (Å²) >= 11 is 1.83. The van der Waals surface area contributed by atoms with Gasteiger partial charge in [-0.1, -0.05) is 6.07 Å². The van der Waals surface area contributed by atoms with Gasteiger partial charge in [0, 0.05) is 49.9 Å². The molecule has 2 aliphatic heterocycles. The normalized spacial score (nSPS) is 20.6. The second kappa shape index (κ2) is 7.86. The molecule has 8 heteroatoms. The third kappa shape index (κ3) is 3.93. The second-order valence-corrected chi connectivity index (χ2v) is 8.97. The maximum Gasteiger partial charge on any atom is 0.253 e. The summed E-state index contributed by atoms with van der Waals surface area (Å²) in [6.45, 7) is 3.21. The highest BCUT2D eigenvalue weighted by atomic mass is 32.2. The number of rotatable bonds is 3. The van der Waals surface area contributed by atoms with Crippen molar-refractivity contribution in [2.24, 2.45) is 0 Å². The van der Waals surface area contributed by atoms with Crippen molar-refractivity contribution in [2.75, 3.05) is 50.9 Å². The summed E-state index contributed by atoms with van der Waals surface area (Å²) in [6.07, 6.45) is 0.684. The molecule has 2 aliphatic rings. The van der Waals surface area contributed by atoms with Crippen LogP contribution in [-0.4, -0.2) is 74.4 Å². The number of ether oxygens (including phenoxy) is 1. The van der Waals surface area contributed by atoms with Gasteiger partial charge in [-0.25, -0.2) is 8.42 Å². The van der Waals surface area contributed by atoms with E-state index < -0.39 is 10.0 Å². The van der Waals surface area contributed by atoms with Gasteiger partial charge in [0.05, 0.1) is 11.5 Å². The average Bonchev–Trinajstić information content (AvgIpc) is 2.92. The molecule has 0 saturated carbocycles. The van der Waals surface area contributed by atoms with E-state index in [-0.39, 0.29) is 10.8 Å².